The monoisotopic (exact) mass is 374 g/mol. The summed E-state index contributed by atoms with van der Waals surface area (Å²) in [6, 6.07) is 17.0. The number of nitrogens with one attached hydrogen (secondary N) is 2. The smallest absolute Gasteiger partial charge is 0.286 e. The summed E-state index contributed by atoms with van der Waals surface area (Å²) in [5, 5.41) is 3.60. The fourth-order valence-electron chi connectivity index (χ4n) is 3.11. The zero-order valence-electron chi connectivity index (χ0n) is 14.3. The molecule has 0 bridgehead atoms. The first-order valence-electron chi connectivity index (χ1n) is 8.41. The van der Waals surface area contributed by atoms with Gasteiger partial charge in [-0.15, -0.1) is 0 Å². The van der Waals surface area contributed by atoms with Crippen LogP contribution in [0.25, 0.3) is 37.6 Å². The summed E-state index contributed by atoms with van der Waals surface area (Å²) in [4.78, 5) is 33.1. The quantitative estimate of drug-likeness (QED) is 0.495. The summed E-state index contributed by atoms with van der Waals surface area (Å²) < 4.78 is 2.30. The summed E-state index contributed by atoms with van der Waals surface area (Å²) in [5.74, 6) is 0. The fourth-order valence-corrected chi connectivity index (χ4v) is 4.03. The molecule has 27 heavy (non-hydrogen) atoms. The van der Waals surface area contributed by atoms with Crippen LogP contribution in [0.4, 0.5) is 0 Å². The van der Waals surface area contributed by atoms with Crippen molar-refractivity contribution in [2.24, 2.45) is 0 Å². The third kappa shape index (κ3) is 2.51. The molecule has 132 valence electrons. The number of aromatic nitrogens is 4. The molecule has 0 saturated carbocycles. The Kier molecular flexibility index (Phi) is 3.38. The minimum atomic E-state index is -0.402. The molecule has 0 amide bonds. The third-order valence-corrected chi connectivity index (χ3v) is 5.53. The highest BCUT2D eigenvalue weighted by atomic mass is 32.1. The van der Waals surface area contributed by atoms with Crippen molar-refractivity contribution in [1.82, 2.24) is 19.7 Å². The highest BCUT2D eigenvalue weighted by Crippen LogP contribution is 2.24. The van der Waals surface area contributed by atoms with Crippen LogP contribution in [0, 0.1) is 6.92 Å². The lowest BCUT2D eigenvalue weighted by Gasteiger charge is -2.02. The zero-order valence-corrected chi connectivity index (χ0v) is 15.1. The third-order valence-electron chi connectivity index (χ3n) is 4.51. The van der Waals surface area contributed by atoms with Crippen LogP contribution in [0.2, 0.25) is 0 Å². The first-order valence-corrected chi connectivity index (χ1v) is 9.23. The number of para-hydroxylation sites is 1. The van der Waals surface area contributed by atoms with Crippen molar-refractivity contribution in [2.75, 3.05) is 0 Å². The minimum absolute atomic E-state index is 0.102. The Morgan fingerprint density at radius 2 is 1.81 bits per heavy atom. The van der Waals surface area contributed by atoms with Gasteiger partial charge in [-0.3, -0.25) is 14.7 Å². The number of rotatable bonds is 2. The van der Waals surface area contributed by atoms with Gasteiger partial charge in [0.15, 0.2) is 5.43 Å². The second kappa shape index (κ2) is 5.78. The summed E-state index contributed by atoms with van der Waals surface area (Å²) in [6.07, 6.45) is 0. The second-order valence-electron chi connectivity index (χ2n) is 6.38. The number of nitrogens with zero attached hydrogens (tertiary/aromatic N) is 2. The Balaban J connectivity index is 1.72. The first-order chi connectivity index (χ1) is 13.1. The van der Waals surface area contributed by atoms with Crippen LogP contribution in [0.15, 0.2) is 64.2 Å². The van der Waals surface area contributed by atoms with Gasteiger partial charge in [-0.05, 0) is 24.6 Å². The molecule has 0 aliphatic carbocycles. The number of aromatic amines is 2. The number of hydrogen-bond donors (Lipinski definition) is 2. The van der Waals surface area contributed by atoms with E-state index in [9.17, 15) is 9.59 Å². The van der Waals surface area contributed by atoms with Gasteiger partial charge in [-0.25, -0.2) is 4.98 Å². The predicted molar refractivity (Wildman–Crippen MR) is 108 cm³/mol. The maximum absolute atomic E-state index is 12.8. The van der Waals surface area contributed by atoms with E-state index in [4.69, 9.17) is 0 Å². The molecule has 0 unspecified atom stereocenters. The molecule has 0 fully saturated rings. The van der Waals surface area contributed by atoms with Crippen molar-refractivity contribution in [3.63, 3.8) is 0 Å². The molecule has 6 nitrogen and oxygen atoms in total. The van der Waals surface area contributed by atoms with Gasteiger partial charge in [0.2, 0.25) is 5.13 Å². The Bertz CT molecular complexity index is 1390. The van der Waals surface area contributed by atoms with E-state index >= 15 is 0 Å². The lowest BCUT2D eigenvalue weighted by Crippen LogP contribution is -2.17. The molecule has 2 aromatic carbocycles. The Morgan fingerprint density at radius 1 is 1.04 bits per heavy atom. The molecule has 0 aliphatic rings. The van der Waals surface area contributed by atoms with E-state index in [0.717, 1.165) is 21.3 Å². The van der Waals surface area contributed by atoms with Crippen molar-refractivity contribution in [2.45, 2.75) is 6.92 Å². The van der Waals surface area contributed by atoms with E-state index in [0.29, 0.717) is 16.5 Å². The van der Waals surface area contributed by atoms with Crippen molar-refractivity contribution in [3.05, 3.63) is 80.7 Å². The summed E-state index contributed by atoms with van der Waals surface area (Å²) >= 11 is 1.39. The number of fused-ring (bicyclic) bond motifs is 2. The standard InChI is InChI=1S/C20H14N4O2S/c1-11-6-8-12(9-7-11)14-10-15(25)17-18(21-14)23-24(19(17)26)20-22-13-4-2-3-5-16(13)27-20/h2-10H,1H3,(H2,21,23,25). The fraction of sp³-hybridized carbons (Fsp3) is 0.0500. The van der Waals surface area contributed by atoms with E-state index in [-0.39, 0.29) is 10.8 Å². The summed E-state index contributed by atoms with van der Waals surface area (Å²) in [7, 11) is 0. The van der Waals surface area contributed by atoms with E-state index in [1.165, 1.54) is 22.1 Å². The van der Waals surface area contributed by atoms with Crippen molar-refractivity contribution >= 4 is 32.6 Å². The number of H-pyrrole nitrogens is 2. The molecular formula is C20H14N4O2S. The lowest BCUT2D eigenvalue weighted by molar-refractivity contribution is 0.851. The van der Waals surface area contributed by atoms with Gasteiger partial charge in [-0.2, -0.15) is 4.68 Å². The largest absolute Gasteiger partial charge is 0.339 e. The van der Waals surface area contributed by atoms with Crippen molar-refractivity contribution in [3.8, 4) is 16.4 Å². The lowest BCUT2D eigenvalue weighted by atomic mass is 10.1. The number of aryl methyl sites for hydroxylation is 1. The normalized spacial score (nSPS) is 11.4. The van der Waals surface area contributed by atoms with Crippen LogP contribution in [0.5, 0.6) is 0 Å². The molecule has 2 N–H and O–H groups in total. The van der Waals surface area contributed by atoms with Gasteiger partial charge in [-0.1, -0.05) is 53.3 Å². The van der Waals surface area contributed by atoms with E-state index in [1.54, 1.807) is 0 Å². The maximum Gasteiger partial charge on any atom is 0.286 e. The van der Waals surface area contributed by atoms with Crippen LogP contribution in [-0.4, -0.2) is 19.7 Å². The van der Waals surface area contributed by atoms with Gasteiger partial charge in [0.25, 0.3) is 5.56 Å². The van der Waals surface area contributed by atoms with Crippen molar-refractivity contribution < 1.29 is 0 Å². The van der Waals surface area contributed by atoms with Crippen LogP contribution >= 0.6 is 11.3 Å². The van der Waals surface area contributed by atoms with E-state index < -0.39 is 5.56 Å². The number of benzene rings is 2. The number of thiazole rings is 1. The minimum Gasteiger partial charge on any atom is -0.339 e. The van der Waals surface area contributed by atoms with Gasteiger partial charge < -0.3 is 4.98 Å². The number of hydrogen-bond acceptors (Lipinski definition) is 4. The average Bonchev–Trinajstić information content (AvgIpc) is 3.23. The maximum atomic E-state index is 12.8. The molecule has 3 heterocycles. The molecule has 0 spiro atoms. The zero-order chi connectivity index (χ0) is 18.5. The van der Waals surface area contributed by atoms with E-state index in [2.05, 4.69) is 15.1 Å². The Morgan fingerprint density at radius 3 is 2.59 bits per heavy atom. The molecule has 0 atom stereocenters. The van der Waals surface area contributed by atoms with Gasteiger partial charge in [0, 0.05) is 6.07 Å². The SMILES string of the molecule is Cc1ccc(-c2cc(=O)c3c(=O)n(-c4nc5ccccc5s4)[nH]c3[nH]2)cc1. The topological polar surface area (TPSA) is 83.5 Å². The Labute approximate surface area is 156 Å². The van der Waals surface area contributed by atoms with Crippen molar-refractivity contribution in [1.29, 1.82) is 0 Å². The molecular weight excluding hydrogens is 360 g/mol. The van der Waals surface area contributed by atoms with Gasteiger partial charge in [0.1, 0.15) is 11.0 Å². The van der Waals surface area contributed by atoms with Crippen LogP contribution in [0.3, 0.4) is 0 Å². The summed E-state index contributed by atoms with van der Waals surface area (Å²) in [6.45, 7) is 2.01. The predicted octanol–water partition coefficient (Wildman–Crippen LogP) is 3.59. The summed E-state index contributed by atoms with van der Waals surface area (Å²) in [5.41, 5.74) is 3.16. The van der Waals surface area contributed by atoms with Crippen LogP contribution in [-0.2, 0) is 0 Å². The van der Waals surface area contributed by atoms with Gasteiger partial charge >= 0.3 is 0 Å². The first kappa shape index (κ1) is 15.8. The molecule has 5 aromatic rings. The molecule has 0 aliphatic heterocycles. The second-order valence-corrected chi connectivity index (χ2v) is 7.39. The van der Waals surface area contributed by atoms with Gasteiger partial charge in [0.05, 0.1) is 15.9 Å². The average molecular weight is 374 g/mol. The highest BCUT2D eigenvalue weighted by molar-refractivity contribution is 7.20. The van der Waals surface area contributed by atoms with E-state index in [1.807, 2.05) is 55.5 Å². The number of pyridine rings is 1. The van der Waals surface area contributed by atoms with Crippen LogP contribution in [0.1, 0.15) is 5.56 Å². The molecule has 0 saturated heterocycles. The van der Waals surface area contributed by atoms with Crippen LogP contribution < -0.4 is 11.0 Å². The molecule has 3 aromatic heterocycles. The molecule has 0 radical (unpaired) electrons. The highest BCUT2D eigenvalue weighted by Gasteiger charge is 2.16. The molecule has 5 rings (SSSR count). The molecule has 7 heteroatoms. The Hall–Kier alpha value is -3.45.